The van der Waals surface area contributed by atoms with Crippen LogP contribution in [0.5, 0.6) is 17.2 Å². The lowest BCUT2D eigenvalue weighted by atomic mass is 10.0. The highest BCUT2D eigenvalue weighted by atomic mass is 32.2. The zero-order valence-electron chi connectivity index (χ0n) is 18.0. The number of hydrogen-bond donors (Lipinski definition) is 3. The Hall–Kier alpha value is -3.92. The summed E-state index contributed by atoms with van der Waals surface area (Å²) >= 11 is 0. The minimum Gasteiger partial charge on any atom is -0.507 e. The minimum absolute atomic E-state index is 0.151. The summed E-state index contributed by atoms with van der Waals surface area (Å²) in [4.78, 5) is 22.0. The maximum Gasteiger partial charge on any atom is 0.394 e. The van der Waals surface area contributed by atoms with E-state index in [1.807, 2.05) is 0 Å². The molecule has 0 bridgehead atoms. The molecule has 0 fully saturated rings. The first-order chi connectivity index (χ1) is 16.1. The molecule has 4 rings (SSSR count). The Morgan fingerprint density at radius 1 is 1.03 bits per heavy atom. The summed E-state index contributed by atoms with van der Waals surface area (Å²) in [5.41, 5.74) is 2.55. The molecule has 3 N–H and O–H groups in total. The zero-order chi connectivity index (χ0) is 24.6. The van der Waals surface area contributed by atoms with Crippen LogP contribution in [0.1, 0.15) is 23.1 Å². The van der Waals surface area contributed by atoms with Gasteiger partial charge in [-0.25, -0.2) is 17.6 Å². The molecule has 176 valence electrons. The van der Waals surface area contributed by atoms with Crippen molar-refractivity contribution in [1.29, 1.82) is 0 Å². The van der Waals surface area contributed by atoms with Gasteiger partial charge < -0.3 is 20.3 Å². The van der Waals surface area contributed by atoms with E-state index in [4.69, 9.17) is 9.84 Å². The van der Waals surface area contributed by atoms with E-state index in [1.54, 1.807) is 13.0 Å². The van der Waals surface area contributed by atoms with Crippen LogP contribution in [0.25, 0.3) is 0 Å². The van der Waals surface area contributed by atoms with Crippen LogP contribution in [0, 0.1) is 12.7 Å². The molecular formula is C24H20FNO7S. The van der Waals surface area contributed by atoms with Crippen LogP contribution < -0.4 is 10.1 Å². The molecule has 0 atom stereocenters. The normalized spacial score (nSPS) is 12.8. The van der Waals surface area contributed by atoms with Gasteiger partial charge in [0, 0.05) is 17.3 Å². The number of halogens is 1. The summed E-state index contributed by atoms with van der Waals surface area (Å²) in [6.45, 7) is 1.72. The van der Waals surface area contributed by atoms with E-state index in [1.165, 1.54) is 18.2 Å². The SMILES string of the molecule is Cc1cc(NC(=O)C(=O)O)c2c(c1Oc1ccc(O)c(S(=O)(=O)c3ccc(F)cc3)c1)CCC2. The van der Waals surface area contributed by atoms with Crippen molar-refractivity contribution in [2.24, 2.45) is 0 Å². The number of sulfone groups is 1. The van der Waals surface area contributed by atoms with Crippen molar-refractivity contribution >= 4 is 27.4 Å². The highest BCUT2D eigenvalue weighted by Crippen LogP contribution is 2.42. The number of anilines is 1. The number of rotatable bonds is 5. The molecule has 0 aromatic heterocycles. The number of benzene rings is 3. The lowest BCUT2D eigenvalue weighted by molar-refractivity contribution is -0.147. The Labute approximate surface area is 194 Å². The van der Waals surface area contributed by atoms with E-state index in [9.17, 15) is 27.5 Å². The fraction of sp³-hybridized carbons (Fsp3) is 0.167. The third-order valence-electron chi connectivity index (χ3n) is 5.54. The van der Waals surface area contributed by atoms with Crippen LogP contribution >= 0.6 is 0 Å². The number of ether oxygens (including phenoxy) is 1. The van der Waals surface area contributed by atoms with Gasteiger partial charge in [-0.2, -0.15) is 0 Å². The number of phenols is 1. The van der Waals surface area contributed by atoms with E-state index in [-0.39, 0.29) is 10.6 Å². The smallest absolute Gasteiger partial charge is 0.394 e. The predicted molar refractivity (Wildman–Crippen MR) is 120 cm³/mol. The van der Waals surface area contributed by atoms with Gasteiger partial charge in [0.25, 0.3) is 0 Å². The first kappa shape index (κ1) is 23.2. The minimum atomic E-state index is -4.15. The molecule has 0 unspecified atom stereocenters. The number of carboxylic acid groups (broad SMARTS) is 1. The Morgan fingerprint density at radius 2 is 1.71 bits per heavy atom. The number of aromatic hydroxyl groups is 1. The van der Waals surface area contributed by atoms with E-state index in [0.717, 1.165) is 41.8 Å². The number of carbonyl (C=O) groups is 2. The molecule has 1 amide bonds. The molecule has 0 heterocycles. The third-order valence-corrected chi connectivity index (χ3v) is 7.34. The first-order valence-corrected chi connectivity index (χ1v) is 11.8. The molecule has 3 aromatic rings. The predicted octanol–water partition coefficient (Wildman–Crippen LogP) is 3.98. The van der Waals surface area contributed by atoms with Crippen LogP contribution in [0.2, 0.25) is 0 Å². The highest BCUT2D eigenvalue weighted by molar-refractivity contribution is 7.91. The van der Waals surface area contributed by atoms with Gasteiger partial charge in [0.05, 0.1) is 4.90 Å². The number of phenolic OH excluding ortho intramolecular Hbond substituents is 1. The van der Waals surface area contributed by atoms with Crippen molar-refractivity contribution in [2.75, 3.05) is 5.32 Å². The fourth-order valence-electron chi connectivity index (χ4n) is 3.96. The monoisotopic (exact) mass is 485 g/mol. The fourth-order valence-corrected chi connectivity index (χ4v) is 5.32. The molecule has 34 heavy (non-hydrogen) atoms. The van der Waals surface area contributed by atoms with Crippen molar-refractivity contribution in [2.45, 2.75) is 36.0 Å². The second-order valence-electron chi connectivity index (χ2n) is 7.83. The first-order valence-electron chi connectivity index (χ1n) is 10.3. The standard InChI is InChI=1S/C24H20FNO7S/c1-13-11-19(26-23(28)24(29)30)17-3-2-4-18(17)22(13)33-15-7-10-20(27)21(12-15)34(31,32)16-8-5-14(25)6-9-16/h5-12,27H,2-4H2,1H3,(H,26,28)(H,29,30). The molecule has 0 radical (unpaired) electrons. The van der Waals surface area contributed by atoms with Crippen molar-refractivity contribution in [3.05, 3.63) is 71.0 Å². The maximum absolute atomic E-state index is 13.2. The Bertz CT molecular complexity index is 1420. The summed E-state index contributed by atoms with van der Waals surface area (Å²) in [6.07, 6.45) is 2.01. The van der Waals surface area contributed by atoms with Crippen LogP contribution in [-0.4, -0.2) is 30.5 Å². The highest BCUT2D eigenvalue weighted by Gasteiger charge is 2.26. The number of carboxylic acids is 1. The van der Waals surface area contributed by atoms with Gasteiger partial charge in [-0.15, -0.1) is 0 Å². The summed E-state index contributed by atoms with van der Waals surface area (Å²) in [7, 11) is -4.15. The van der Waals surface area contributed by atoms with Gasteiger partial charge >= 0.3 is 11.9 Å². The molecule has 0 aliphatic heterocycles. The van der Waals surface area contributed by atoms with Gasteiger partial charge in [0.1, 0.15) is 28.0 Å². The van der Waals surface area contributed by atoms with Crippen molar-refractivity contribution in [1.82, 2.24) is 0 Å². The quantitative estimate of drug-likeness (QED) is 0.368. The Morgan fingerprint density at radius 3 is 2.38 bits per heavy atom. The molecule has 0 saturated heterocycles. The summed E-state index contributed by atoms with van der Waals surface area (Å²) in [6, 6.07) is 9.66. The summed E-state index contributed by atoms with van der Waals surface area (Å²) in [5.74, 6) is -3.19. The van der Waals surface area contributed by atoms with E-state index < -0.39 is 38.2 Å². The maximum atomic E-state index is 13.2. The Balaban J connectivity index is 1.72. The zero-order valence-corrected chi connectivity index (χ0v) is 18.8. The molecule has 3 aromatic carbocycles. The molecular weight excluding hydrogens is 465 g/mol. The lowest BCUT2D eigenvalue weighted by Gasteiger charge is -2.18. The number of hydrogen-bond acceptors (Lipinski definition) is 6. The van der Waals surface area contributed by atoms with Crippen LogP contribution in [0.15, 0.2) is 58.3 Å². The van der Waals surface area contributed by atoms with Gasteiger partial charge in [0.15, 0.2) is 0 Å². The van der Waals surface area contributed by atoms with Crippen molar-refractivity contribution in [3.8, 4) is 17.2 Å². The van der Waals surface area contributed by atoms with E-state index in [0.29, 0.717) is 29.8 Å². The van der Waals surface area contributed by atoms with Crippen molar-refractivity contribution < 1.29 is 37.3 Å². The van der Waals surface area contributed by atoms with Crippen LogP contribution in [-0.2, 0) is 32.3 Å². The second kappa shape index (κ2) is 8.79. The summed E-state index contributed by atoms with van der Waals surface area (Å²) in [5, 5.41) is 21.5. The number of fused-ring (bicyclic) bond motifs is 1. The van der Waals surface area contributed by atoms with Gasteiger partial charge in [-0.05, 0) is 79.8 Å². The second-order valence-corrected chi connectivity index (χ2v) is 9.75. The number of aliphatic carboxylic acids is 1. The number of amides is 1. The van der Waals surface area contributed by atoms with E-state index in [2.05, 4.69) is 5.32 Å². The van der Waals surface area contributed by atoms with Gasteiger partial charge in [-0.1, -0.05) is 0 Å². The number of nitrogens with one attached hydrogen (secondary N) is 1. The van der Waals surface area contributed by atoms with Crippen LogP contribution in [0.3, 0.4) is 0 Å². The molecule has 0 spiro atoms. The van der Waals surface area contributed by atoms with Crippen LogP contribution in [0.4, 0.5) is 10.1 Å². The Kier molecular flexibility index (Phi) is 6.01. The summed E-state index contributed by atoms with van der Waals surface area (Å²) < 4.78 is 45.3. The van der Waals surface area contributed by atoms with Gasteiger partial charge in [-0.3, -0.25) is 4.79 Å². The number of aryl methyl sites for hydroxylation is 1. The average Bonchev–Trinajstić information content (AvgIpc) is 3.27. The molecule has 1 aliphatic rings. The topological polar surface area (TPSA) is 130 Å². The molecule has 0 saturated carbocycles. The van der Waals surface area contributed by atoms with Crippen molar-refractivity contribution in [3.63, 3.8) is 0 Å². The molecule has 10 heteroatoms. The third kappa shape index (κ3) is 4.32. The molecule has 8 nitrogen and oxygen atoms in total. The van der Waals surface area contributed by atoms with Gasteiger partial charge in [0.2, 0.25) is 9.84 Å². The average molecular weight is 485 g/mol. The van der Waals surface area contributed by atoms with E-state index >= 15 is 0 Å². The molecule has 1 aliphatic carbocycles. The largest absolute Gasteiger partial charge is 0.507 e. The number of carbonyl (C=O) groups excluding carboxylic acids is 1. The lowest BCUT2D eigenvalue weighted by Crippen LogP contribution is -2.22.